The quantitative estimate of drug-likeness (QED) is 0.660. The third-order valence-electron chi connectivity index (χ3n) is 5.49. The lowest BCUT2D eigenvalue weighted by molar-refractivity contribution is -0.149. The highest BCUT2D eigenvalue weighted by Crippen LogP contribution is 2.48. The summed E-state index contributed by atoms with van der Waals surface area (Å²) in [6, 6.07) is 0.0908. The summed E-state index contributed by atoms with van der Waals surface area (Å²) in [4.78, 5) is 40.5. The summed E-state index contributed by atoms with van der Waals surface area (Å²) < 4.78 is 5.69. The lowest BCUT2D eigenvalue weighted by Gasteiger charge is -2.34. The zero-order chi connectivity index (χ0) is 15.4. The van der Waals surface area contributed by atoms with Gasteiger partial charge >= 0.3 is 0 Å². The first-order chi connectivity index (χ1) is 10.6. The number of nitrogens with one attached hydrogen (secondary N) is 1. The van der Waals surface area contributed by atoms with Crippen LogP contribution in [-0.4, -0.2) is 72.0 Å². The zero-order valence-corrected chi connectivity index (χ0v) is 12.7. The molecule has 0 aromatic heterocycles. The van der Waals surface area contributed by atoms with Crippen molar-refractivity contribution in [2.75, 3.05) is 26.2 Å². The minimum absolute atomic E-state index is 0.0908. The lowest BCUT2D eigenvalue weighted by Crippen LogP contribution is -2.55. The SMILES string of the molecule is CC1CNCCN1C(=O)CN1C(=O)C2C3CCC(O3)C2C1=O. The van der Waals surface area contributed by atoms with Gasteiger partial charge in [-0.1, -0.05) is 0 Å². The molecule has 0 aromatic carbocycles. The monoisotopic (exact) mass is 307 g/mol. The van der Waals surface area contributed by atoms with E-state index >= 15 is 0 Å². The summed E-state index contributed by atoms with van der Waals surface area (Å²) in [5, 5.41) is 3.22. The Morgan fingerprint density at radius 2 is 1.86 bits per heavy atom. The van der Waals surface area contributed by atoms with Crippen molar-refractivity contribution in [1.29, 1.82) is 0 Å². The number of piperazine rings is 1. The standard InChI is InChI=1S/C15H21N3O4/c1-8-6-16-4-5-17(8)11(19)7-18-14(20)12-9-2-3-10(22-9)13(12)15(18)21/h8-10,12-13,16H,2-7H2,1H3. The number of imide groups is 1. The third-order valence-corrected chi connectivity index (χ3v) is 5.49. The molecule has 0 aromatic rings. The van der Waals surface area contributed by atoms with E-state index in [0.29, 0.717) is 6.54 Å². The summed E-state index contributed by atoms with van der Waals surface area (Å²) in [5.74, 6) is -1.25. The maximum Gasteiger partial charge on any atom is 0.243 e. The van der Waals surface area contributed by atoms with E-state index in [4.69, 9.17) is 4.74 Å². The number of hydrogen-bond acceptors (Lipinski definition) is 5. The van der Waals surface area contributed by atoms with Gasteiger partial charge in [0.1, 0.15) is 6.54 Å². The van der Waals surface area contributed by atoms with Crippen LogP contribution in [0.4, 0.5) is 0 Å². The van der Waals surface area contributed by atoms with Gasteiger partial charge in [-0.15, -0.1) is 0 Å². The number of nitrogens with zero attached hydrogens (tertiary/aromatic N) is 2. The molecule has 0 aliphatic carbocycles. The smallest absolute Gasteiger partial charge is 0.243 e. The van der Waals surface area contributed by atoms with Crippen molar-refractivity contribution in [3.05, 3.63) is 0 Å². The first kappa shape index (κ1) is 14.1. The molecule has 22 heavy (non-hydrogen) atoms. The molecule has 0 radical (unpaired) electrons. The van der Waals surface area contributed by atoms with E-state index in [2.05, 4.69) is 5.32 Å². The van der Waals surface area contributed by atoms with E-state index in [1.807, 2.05) is 6.92 Å². The minimum atomic E-state index is -0.348. The molecule has 4 saturated heterocycles. The van der Waals surface area contributed by atoms with Crippen molar-refractivity contribution >= 4 is 17.7 Å². The van der Waals surface area contributed by atoms with Crippen LogP contribution in [0, 0.1) is 11.8 Å². The van der Waals surface area contributed by atoms with Crippen molar-refractivity contribution in [3.63, 3.8) is 0 Å². The fourth-order valence-corrected chi connectivity index (χ4v) is 4.37. The van der Waals surface area contributed by atoms with Crippen molar-refractivity contribution in [1.82, 2.24) is 15.1 Å². The normalized spacial score (nSPS) is 40.5. The number of likely N-dealkylation sites (tertiary alicyclic amines) is 1. The zero-order valence-electron chi connectivity index (χ0n) is 12.7. The number of amides is 3. The van der Waals surface area contributed by atoms with E-state index in [1.165, 1.54) is 4.90 Å². The van der Waals surface area contributed by atoms with Crippen LogP contribution in [0.15, 0.2) is 0 Å². The molecule has 4 aliphatic heterocycles. The van der Waals surface area contributed by atoms with Crippen LogP contribution in [-0.2, 0) is 19.1 Å². The molecule has 1 N–H and O–H groups in total. The first-order valence-corrected chi connectivity index (χ1v) is 8.09. The van der Waals surface area contributed by atoms with Crippen LogP contribution in [0.1, 0.15) is 19.8 Å². The van der Waals surface area contributed by atoms with Gasteiger partial charge in [-0.2, -0.15) is 0 Å². The van der Waals surface area contributed by atoms with Gasteiger partial charge in [0.2, 0.25) is 17.7 Å². The van der Waals surface area contributed by atoms with Crippen LogP contribution < -0.4 is 5.32 Å². The Morgan fingerprint density at radius 3 is 2.45 bits per heavy atom. The number of hydrogen-bond donors (Lipinski definition) is 1. The van der Waals surface area contributed by atoms with Crippen LogP contribution in [0.25, 0.3) is 0 Å². The van der Waals surface area contributed by atoms with Crippen molar-refractivity contribution in [2.45, 2.75) is 38.0 Å². The highest BCUT2D eigenvalue weighted by atomic mass is 16.5. The van der Waals surface area contributed by atoms with Gasteiger partial charge < -0.3 is 15.0 Å². The molecule has 7 heteroatoms. The minimum Gasteiger partial charge on any atom is -0.373 e. The Kier molecular flexibility index (Phi) is 3.23. The number of fused-ring (bicyclic) bond motifs is 5. The molecule has 0 spiro atoms. The highest BCUT2D eigenvalue weighted by molar-refractivity contribution is 6.08. The molecule has 4 aliphatic rings. The Bertz CT molecular complexity index is 509. The number of carbonyl (C=O) groups is 3. The molecule has 4 heterocycles. The lowest BCUT2D eigenvalue weighted by atomic mass is 9.81. The Hall–Kier alpha value is -1.47. The molecule has 5 atom stereocenters. The molecular weight excluding hydrogens is 286 g/mol. The summed E-state index contributed by atoms with van der Waals surface area (Å²) >= 11 is 0. The Morgan fingerprint density at radius 1 is 1.23 bits per heavy atom. The fraction of sp³-hybridized carbons (Fsp3) is 0.800. The maximum atomic E-state index is 12.5. The molecule has 3 amide bonds. The molecule has 0 saturated carbocycles. The number of carbonyl (C=O) groups excluding carboxylic acids is 3. The first-order valence-electron chi connectivity index (χ1n) is 8.09. The summed E-state index contributed by atoms with van der Waals surface area (Å²) in [5.41, 5.74) is 0. The largest absolute Gasteiger partial charge is 0.373 e. The predicted octanol–water partition coefficient (Wildman–Crippen LogP) is -1.03. The van der Waals surface area contributed by atoms with Crippen molar-refractivity contribution in [3.8, 4) is 0 Å². The second-order valence-corrected chi connectivity index (χ2v) is 6.74. The molecule has 4 rings (SSSR count). The highest BCUT2D eigenvalue weighted by Gasteiger charge is 2.62. The van der Waals surface area contributed by atoms with Crippen LogP contribution in [0.3, 0.4) is 0 Å². The predicted molar refractivity (Wildman–Crippen MR) is 75.6 cm³/mol. The van der Waals surface area contributed by atoms with Crippen molar-refractivity contribution < 1.29 is 19.1 Å². The summed E-state index contributed by atoms with van der Waals surface area (Å²) in [7, 11) is 0. The van der Waals surface area contributed by atoms with Gasteiger partial charge in [0.15, 0.2) is 0 Å². The van der Waals surface area contributed by atoms with E-state index < -0.39 is 0 Å². The molecule has 5 unspecified atom stereocenters. The maximum absolute atomic E-state index is 12.5. The van der Waals surface area contributed by atoms with E-state index in [9.17, 15) is 14.4 Å². The fourth-order valence-electron chi connectivity index (χ4n) is 4.37. The Labute approximate surface area is 128 Å². The second-order valence-electron chi connectivity index (χ2n) is 6.74. The summed E-state index contributed by atoms with van der Waals surface area (Å²) in [6.07, 6.45) is 1.46. The average molecular weight is 307 g/mol. The van der Waals surface area contributed by atoms with Gasteiger partial charge in [-0.25, -0.2) is 0 Å². The van der Waals surface area contributed by atoms with E-state index in [-0.39, 0.29) is 54.4 Å². The van der Waals surface area contributed by atoms with Gasteiger partial charge in [0.25, 0.3) is 0 Å². The number of rotatable bonds is 2. The molecule has 120 valence electrons. The van der Waals surface area contributed by atoms with Gasteiger partial charge in [-0.3, -0.25) is 19.3 Å². The van der Waals surface area contributed by atoms with Gasteiger partial charge in [0, 0.05) is 25.7 Å². The molecule has 4 fully saturated rings. The van der Waals surface area contributed by atoms with Gasteiger partial charge in [-0.05, 0) is 19.8 Å². The average Bonchev–Trinajstić information content (AvgIpc) is 3.17. The van der Waals surface area contributed by atoms with Crippen LogP contribution >= 0.6 is 0 Å². The van der Waals surface area contributed by atoms with E-state index in [1.54, 1.807) is 4.90 Å². The van der Waals surface area contributed by atoms with Crippen LogP contribution in [0.5, 0.6) is 0 Å². The van der Waals surface area contributed by atoms with Gasteiger partial charge in [0.05, 0.1) is 24.0 Å². The topological polar surface area (TPSA) is 79.0 Å². The third kappa shape index (κ3) is 1.91. The number of ether oxygens (including phenoxy) is 1. The molecule has 7 nitrogen and oxygen atoms in total. The van der Waals surface area contributed by atoms with Crippen molar-refractivity contribution in [2.24, 2.45) is 11.8 Å². The summed E-state index contributed by atoms with van der Waals surface area (Å²) in [6.45, 7) is 3.98. The second kappa shape index (κ2) is 5.03. The Balaban J connectivity index is 1.48. The molecule has 2 bridgehead atoms. The molecular formula is C15H21N3O4. The van der Waals surface area contributed by atoms with E-state index in [0.717, 1.165) is 25.9 Å². The van der Waals surface area contributed by atoms with Crippen LogP contribution in [0.2, 0.25) is 0 Å².